The summed E-state index contributed by atoms with van der Waals surface area (Å²) in [6.45, 7) is 20.3. The van der Waals surface area contributed by atoms with Crippen molar-refractivity contribution in [2.24, 2.45) is 5.92 Å². The van der Waals surface area contributed by atoms with Crippen molar-refractivity contribution in [2.75, 3.05) is 0 Å². The largest absolute Gasteiger partial charge is 0.410 e. The van der Waals surface area contributed by atoms with E-state index in [1.807, 2.05) is 0 Å². The van der Waals surface area contributed by atoms with E-state index >= 15 is 0 Å². The molecule has 0 aromatic heterocycles. The van der Waals surface area contributed by atoms with Crippen molar-refractivity contribution in [3.63, 3.8) is 0 Å². The van der Waals surface area contributed by atoms with E-state index in [-0.39, 0.29) is 11.1 Å². The number of rotatable bonds is 6. The van der Waals surface area contributed by atoms with Crippen molar-refractivity contribution in [3.05, 3.63) is 17.4 Å². The minimum absolute atomic E-state index is 0.226. The van der Waals surface area contributed by atoms with Gasteiger partial charge in [0.25, 0.3) is 0 Å². The summed E-state index contributed by atoms with van der Waals surface area (Å²) >= 11 is 0. The molecule has 0 aromatic carbocycles. The zero-order valence-electron chi connectivity index (χ0n) is 14.6. The van der Waals surface area contributed by atoms with Crippen molar-refractivity contribution >= 4 is 8.32 Å². The third kappa shape index (κ3) is 6.60. The van der Waals surface area contributed by atoms with Crippen molar-refractivity contribution in [1.29, 1.82) is 0 Å². The van der Waals surface area contributed by atoms with Gasteiger partial charge in [-0.3, -0.25) is 0 Å². The highest BCUT2D eigenvalue weighted by atomic mass is 28.4. The second-order valence-corrected chi connectivity index (χ2v) is 12.2. The zero-order valence-corrected chi connectivity index (χ0v) is 15.6. The Morgan fingerprint density at radius 1 is 1.26 bits per heavy atom. The Labute approximate surface area is 122 Å². The standard InChI is InChI=1S/C17H34OSi/c1-10-16(15(4)13-11-12-14(2)3)18-19(8,9)17(5,6)7/h11,14,16H,10,12H2,1-9H3/t13?,16-/m1/s1. The molecule has 19 heavy (non-hydrogen) atoms. The molecule has 0 aliphatic rings. The maximum absolute atomic E-state index is 6.49. The molecule has 1 nitrogen and oxygen atoms in total. The first kappa shape index (κ1) is 18.7. The lowest BCUT2D eigenvalue weighted by atomic mass is 10.1. The molecule has 112 valence electrons. The number of hydrogen-bond acceptors (Lipinski definition) is 1. The molecule has 0 saturated carbocycles. The lowest BCUT2D eigenvalue weighted by Crippen LogP contribution is -2.44. The van der Waals surface area contributed by atoms with Crippen molar-refractivity contribution in [2.45, 2.75) is 85.5 Å². The molecular formula is C17H34OSi. The highest BCUT2D eigenvalue weighted by Crippen LogP contribution is 2.38. The Bertz CT molecular complexity index is 328. The lowest BCUT2D eigenvalue weighted by molar-refractivity contribution is 0.210. The maximum Gasteiger partial charge on any atom is 0.192 e. The van der Waals surface area contributed by atoms with Gasteiger partial charge in [0.05, 0.1) is 6.10 Å². The van der Waals surface area contributed by atoms with Gasteiger partial charge >= 0.3 is 0 Å². The average molecular weight is 283 g/mol. The molecule has 0 rings (SSSR count). The van der Waals surface area contributed by atoms with Crippen LogP contribution in [-0.2, 0) is 4.43 Å². The molecule has 1 atom stereocenters. The van der Waals surface area contributed by atoms with Crippen LogP contribution in [-0.4, -0.2) is 14.4 Å². The fourth-order valence-corrected chi connectivity index (χ4v) is 2.97. The van der Waals surface area contributed by atoms with E-state index in [1.54, 1.807) is 0 Å². The third-order valence-corrected chi connectivity index (χ3v) is 8.50. The van der Waals surface area contributed by atoms with Crippen LogP contribution in [0.25, 0.3) is 0 Å². The van der Waals surface area contributed by atoms with Gasteiger partial charge in [-0.15, -0.1) is 5.73 Å². The van der Waals surface area contributed by atoms with Crippen LogP contribution in [0.3, 0.4) is 0 Å². The summed E-state index contributed by atoms with van der Waals surface area (Å²) in [4.78, 5) is 0. The molecule has 0 aliphatic carbocycles. The molecule has 0 bridgehead atoms. The quantitative estimate of drug-likeness (QED) is 0.433. The number of hydrogen-bond donors (Lipinski definition) is 0. The Kier molecular flexibility index (Phi) is 7.35. The Morgan fingerprint density at radius 3 is 2.16 bits per heavy atom. The summed E-state index contributed by atoms with van der Waals surface area (Å²) in [7, 11) is -1.69. The van der Waals surface area contributed by atoms with Gasteiger partial charge in [0, 0.05) is 0 Å². The molecule has 0 aromatic rings. The van der Waals surface area contributed by atoms with E-state index in [4.69, 9.17) is 4.43 Å². The highest BCUT2D eigenvalue weighted by molar-refractivity contribution is 6.74. The summed E-state index contributed by atoms with van der Waals surface area (Å²) < 4.78 is 6.49. The molecule has 0 fully saturated rings. The lowest BCUT2D eigenvalue weighted by Gasteiger charge is -2.39. The van der Waals surface area contributed by atoms with Crippen LogP contribution < -0.4 is 0 Å². The van der Waals surface area contributed by atoms with E-state index in [0.29, 0.717) is 5.92 Å². The molecular weight excluding hydrogens is 248 g/mol. The van der Waals surface area contributed by atoms with Crippen molar-refractivity contribution < 1.29 is 4.43 Å². The molecule has 0 unspecified atom stereocenters. The summed E-state index contributed by atoms with van der Waals surface area (Å²) in [5.74, 6) is 0.696. The Hall–Kier alpha value is -0.303. The maximum atomic E-state index is 6.49. The van der Waals surface area contributed by atoms with Gasteiger partial charge < -0.3 is 4.43 Å². The topological polar surface area (TPSA) is 9.23 Å². The van der Waals surface area contributed by atoms with Crippen molar-refractivity contribution in [3.8, 4) is 0 Å². The second kappa shape index (κ2) is 7.47. The third-order valence-electron chi connectivity index (χ3n) is 4.02. The van der Waals surface area contributed by atoms with Crippen LogP contribution in [0.5, 0.6) is 0 Å². The second-order valence-electron chi connectivity index (χ2n) is 7.44. The summed E-state index contributed by atoms with van der Waals surface area (Å²) in [5.41, 5.74) is 4.67. The SMILES string of the molecule is CC[C@@H](O[Si](C)(C)C(C)(C)C)C(C)=C=CCC(C)C. The van der Waals surface area contributed by atoms with Crippen molar-refractivity contribution in [1.82, 2.24) is 0 Å². The first-order chi connectivity index (χ1) is 8.51. The molecule has 0 radical (unpaired) electrons. The van der Waals surface area contributed by atoms with Crippen LogP contribution in [0.2, 0.25) is 18.1 Å². The summed E-state index contributed by atoms with van der Waals surface area (Å²) in [6.07, 6.45) is 4.51. The van der Waals surface area contributed by atoms with E-state index in [2.05, 4.69) is 73.4 Å². The van der Waals surface area contributed by atoms with Gasteiger partial charge in [-0.1, -0.05) is 41.5 Å². The summed E-state index contributed by atoms with van der Waals surface area (Å²) in [5, 5.41) is 0.266. The predicted molar refractivity (Wildman–Crippen MR) is 89.1 cm³/mol. The normalized spacial score (nSPS) is 14.2. The predicted octanol–water partition coefficient (Wildman–Crippen LogP) is 5.93. The molecule has 0 saturated heterocycles. The Balaban J connectivity index is 4.90. The van der Waals surface area contributed by atoms with Crippen LogP contribution in [0, 0.1) is 5.92 Å². The van der Waals surface area contributed by atoms with E-state index < -0.39 is 8.32 Å². The van der Waals surface area contributed by atoms with Gasteiger partial charge in [-0.25, -0.2) is 0 Å². The molecule has 0 heterocycles. The van der Waals surface area contributed by atoms with Gasteiger partial charge in [0.1, 0.15) is 0 Å². The van der Waals surface area contributed by atoms with Crippen LogP contribution in [0.1, 0.15) is 61.3 Å². The monoisotopic (exact) mass is 282 g/mol. The molecule has 0 aliphatic heterocycles. The highest BCUT2D eigenvalue weighted by Gasteiger charge is 2.39. The molecule has 0 N–H and O–H groups in total. The van der Waals surface area contributed by atoms with E-state index in [0.717, 1.165) is 12.8 Å². The minimum atomic E-state index is -1.69. The van der Waals surface area contributed by atoms with Gasteiger partial charge in [-0.2, -0.15) is 0 Å². The summed E-state index contributed by atoms with van der Waals surface area (Å²) in [6, 6.07) is 0. The van der Waals surface area contributed by atoms with E-state index in [1.165, 1.54) is 5.57 Å². The van der Waals surface area contributed by atoms with Crippen LogP contribution >= 0.6 is 0 Å². The van der Waals surface area contributed by atoms with Gasteiger partial charge in [-0.05, 0) is 55.5 Å². The molecule has 2 heteroatoms. The van der Waals surface area contributed by atoms with Crippen LogP contribution in [0.15, 0.2) is 17.4 Å². The van der Waals surface area contributed by atoms with Crippen LogP contribution in [0.4, 0.5) is 0 Å². The Morgan fingerprint density at radius 2 is 1.79 bits per heavy atom. The zero-order chi connectivity index (χ0) is 15.3. The fourth-order valence-electron chi connectivity index (χ4n) is 1.56. The first-order valence-corrected chi connectivity index (χ1v) is 10.5. The molecule has 0 spiro atoms. The fraction of sp³-hybridized carbons (Fsp3) is 0.824. The molecule has 0 amide bonds. The average Bonchev–Trinajstić information content (AvgIpc) is 2.23. The van der Waals surface area contributed by atoms with Gasteiger partial charge in [0.15, 0.2) is 8.32 Å². The van der Waals surface area contributed by atoms with Gasteiger partial charge in [0.2, 0.25) is 0 Å². The van der Waals surface area contributed by atoms with E-state index in [9.17, 15) is 0 Å². The minimum Gasteiger partial charge on any atom is -0.410 e. The smallest absolute Gasteiger partial charge is 0.192 e. The first-order valence-electron chi connectivity index (χ1n) is 7.60.